The average molecular weight is 243 g/mol. The Balaban J connectivity index is 3.52. The van der Waals surface area contributed by atoms with Gasteiger partial charge in [0.25, 0.3) is 9.05 Å². The van der Waals surface area contributed by atoms with E-state index in [4.69, 9.17) is 22.3 Å². The number of halogens is 2. The fourth-order valence-corrected chi connectivity index (χ4v) is 3.02. The summed E-state index contributed by atoms with van der Waals surface area (Å²) >= 11 is 5.57. The number of rotatable bonds is 2. The van der Waals surface area contributed by atoms with Gasteiger partial charge in [0.1, 0.15) is 4.90 Å². The van der Waals surface area contributed by atoms with Gasteiger partial charge >= 0.3 is 0 Å². The molecule has 1 aromatic rings. The summed E-state index contributed by atoms with van der Waals surface area (Å²) in [5.41, 5.74) is 0.780. The molecule has 0 unspecified atom stereocenters. The van der Waals surface area contributed by atoms with E-state index in [-0.39, 0.29) is 10.8 Å². The second kappa shape index (κ2) is 3.48. The van der Waals surface area contributed by atoms with E-state index >= 15 is 0 Å². The van der Waals surface area contributed by atoms with Crippen molar-refractivity contribution in [1.82, 2.24) is 9.78 Å². The van der Waals surface area contributed by atoms with Crippen molar-refractivity contribution in [2.75, 3.05) is 0 Å². The van der Waals surface area contributed by atoms with Crippen LogP contribution in [0.5, 0.6) is 0 Å². The van der Waals surface area contributed by atoms with Gasteiger partial charge in [-0.15, -0.1) is 11.6 Å². The second-order valence-electron chi connectivity index (χ2n) is 2.56. The first-order chi connectivity index (χ1) is 5.88. The first-order valence-corrected chi connectivity index (χ1v) is 6.25. The molecule has 0 N–H and O–H groups in total. The zero-order valence-corrected chi connectivity index (χ0v) is 9.41. The first kappa shape index (κ1) is 10.8. The molecule has 0 radical (unpaired) electrons. The Bertz CT molecular complexity index is 424. The lowest BCUT2D eigenvalue weighted by Gasteiger charge is -1.98. The van der Waals surface area contributed by atoms with E-state index in [1.165, 1.54) is 4.68 Å². The predicted octanol–water partition coefficient (Wildman–Crippen LogP) is 1.39. The number of hydrogen-bond donors (Lipinski definition) is 0. The second-order valence-corrected chi connectivity index (χ2v) is 5.33. The van der Waals surface area contributed by atoms with Gasteiger partial charge in [0.2, 0.25) is 0 Å². The van der Waals surface area contributed by atoms with Crippen molar-refractivity contribution in [2.45, 2.75) is 17.7 Å². The molecule has 7 heteroatoms. The van der Waals surface area contributed by atoms with Crippen molar-refractivity contribution in [1.29, 1.82) is 0 Å². The molecule has 0 fully saturated rings. The highest BCUT2D eigenvalue weighted by molar-refractivity contribution is 8.13. The molecule has 0 bridgehead atoms. The Morgan fingerprint density at radius 2 is 2.08 bits per heavy atom. The lowest BCUT2D eigenvalue weighted by atomic mass is 10.4. The Morgan fingerprint density at radius 3 is 2.38 bits per heavy atom. The van der Waals surface area contributed by atoms with Gasteiger partial charge in [-0.05, 0) is 6.92 Å². The van der Waals surface area contributed by atoms with Gasteiger partial charge in [-0.2, -0.15) is 5.10 Å². The van der Waals surface area contributed by atoms with Crippen LogP contribution in [0.3, 0.4) is 0 Å². The summed E-state index contributed by atoms with van der Waals surface area (Å²) in [7, 11) is 3.09. The van der Waals surface area contributed by atoms with Crippen LogP contribution in [-0.2, 0) is 22.0 Å². The Morgan fingerprint density at radius 1 is 1.54 bits per heavy atom. The molecule has 0 aliphatic rings. The fraction of sp³-hybridized carbons (Fsp3) is 0.500. The van der Waals surface area contributed by atoms with Gasteiger partial charge < -0.3 is 0 Å². The molecule has 4 nitrogen and oxygen atoms in total. The van der Waals surface area contributed by atoms with E-state index in [0.717, 1.165) is 0 Å². The van der Waals surface area contributed by atoms with Crippen molar-refractivity contribution in [3.63, 3.8) is 0 Å². The highest BCUT2D eigenvalue weighted by Crippen LogP contribution is 2.24. The van der Waals surface area contributed by atoms with Crippen molar-refractivity contribution < 1.29 is 8.42 Å². The van der Waals surface area contributed by atoms with Gasteiger partial charge in [-0.3, -0.25) is 4.68 Å². The minimum atomic E-state index is -3.75. The zero-order chi connectivity index (χ0) is 10.2. The van der Waals surface area contributed by atoms with Gasteiger partial charge in [-0.1, -0.05) is 0 Å². The molecule has 0 atom stereocenters. The molecule has 0 aliphatic carbocycles. The van der Waals surface area contributed by atoms with Crippen molar-refractivity contribution in [3.05, 3.63) is 11.4 Å². The third-order valence-electron chi connectivity index (χ3n) is 1.65. The molecule has 0 saturated heterocycles. The summed E-state index contributed by atoms with van der Waals surface area (Å²) in [5.74, 6) is 0.0681. The topological polar surface area (TPSA) is 52.0 Å². The van der Waals surface area contributed by atoms with Crippen LogP contribution in [-0.4, -0.2) is 18.2 Å². The molecule has 1 rings (SSSR count). The van der Waals surface area contributed by atoms with Crippen LogP contribution >= 0.6 is 22.3 Å². The van der Waals surface area contributed by atoms with Crippen LogP contribution in [0.1, 0.15) is 11.4 Å². The highest BCUT2D eigenvalue weighted by Gasteiger charge is 2.22. The molecule has 1 heterocycles. The maximum absolute atomic E-state index is 11.1. The van der Waals surface area contributed by atoms with Crippen LogP contribution in [0.25, 0.3) is 0 Å². The molecule has 0 amide bonds. The van der Waals surface area contributed by atoms with Crippen LogP contribution < -0.4 is 0 Å². The summed E-state index contributed by atoms with van der Waals surface area (Å²) in [6.45, 7) is 1.57. The molecule has 13 heavy (non-hydrogen) atoms. The smallest absolute Gasteiger partial charge is 0.265 e. The highest BCUT2D eigenvalue weighted by atomic mass is 35.7. The summed E-state index contributed by atoms with van der Waals surface area (Å²) < 4.78 is 23.6. The molecule has 1 aromatic heterocycles. The normalized spacial score (nSPS) is 12.0. The quantitative estimate of drug-likeness (QED) is 0.582. The number of aromatic nitrogens is 2. The largest absolute Gasteiger partial charge is 0.270 e. The van der Waals surface area contributed by atoms with E-state index in [1.807, 2.05) is 0 Å². The summed E-state index contributed by atoms with van der Waals surface area (Å²) in [6.07, 6.45) is 0. The average Bonchev–Trinajstić information content (AvgIpc) is 2.23. The van der Waals surface area contributed by atoms with Crippen molar-refractivity contribution in [2.24, 2.45) is 7.05 Å². The summed E-state index contributed by atoms with van der Waals surface area (Å²) in [6, 6.07) is 0. The van der Waals surface area contributed by atoms with Gasteiger partial charge in [0, 0.05) is 17.7 Å². The molecular weight excluding hydrogens is 235 g/mol. The monoisotopic (exact) mass is 242 g/mol. The van der Waals surface area contributed by atoms with Crippen molar-refractivity contribution >= 4 is 31.3 Å². The third kappa shape index (κ3) is 1.98. The Labute approximate surface area is 85.9 Å². The molecule has 0 aliphatic heterocycles. The van der Waals surface area contributed by atoms with E-state index in [2.05, 4.69) is 5.10 Å². The van der Waals surface area contributed by atoms with E-state index < -0.39 is 9.05 Å². The first-order valence-electron chi connectivity index (χ1n) is 3.41. The number of aryl methyl sites for hydroxylation is 2. The minimum Gasteiger partial charge on any atom is -0.270 e. The lowest BCUT2D eigenvalue weighted by molar-refractivity contribution is 0.608. The minimum absolute atomic E-state index is 0.0201. The maximum Gasteiger partial charge on any atom is 0.265 e. The van der Waals surface area contributed by atoms with Gasteiger partial charge in [0.05, 0.1) is 17.3 Å². The molecule has 0 saturated carbocycles. The zero-order valence-electron chi connectivity index (χ0n) is 7.08. The van der Waals surface area contributed by atoms with Crippen LogP contribution in [0.15, 0.2) is 4.90 Å². The SMILES string of the molecule is Cc1nn(C)c(CCl)c1S(=O)(=O)Cl. The van der Waals surface area contributed by atoms with Crippen LogP contribution in [0, 0.1) is 6.92 Å². The number of nitrogens with zero attached hydrogens (tertiary/aromatic N) is 2. The number of alkyl halides is 1. The Hall–Kier alpha value is -0.260. The van der Waals surface area contributed by atoms with Crippen LogP contribution in [0.4, 0.5) is 0 Å². The lowest BCUT2D eigenvalue weighted by Crippen LogP contribution is -1.99. The summed E-state index contributed by atoms with van der Waals surface area (Å²) in [4.78, 5) is 0.0201. The van der Waals surface area contributed by atoms with Crippen molar-refractivity contribution in [3.8, 4) is 0 Å². The van der Waals surface area contributed by atoms with Gasteiger partial charge in [0.15, 0.2) is 0 Å². The molecule has 0 aromatic carbocycles. The Kier molecular flexibility index (Phi) is 2.89. The third-order valence-corrected chi connectivity index (χ3v) is 3.39. The van der Waals surface area contributed by atoms with E-state index in [0.29, 0.717) is 11.4 Å². The van der Waals surface area contributed by atoms with Crippen LogP contribution in [0.2, 0.25) is 0 Å². The number of hydrogen-bond acceptors (Lipinski definition) is 3. The summed E-state index contributed by atoms with van der Waals surface area (Å²) in [5, 5.41) is 3.92. The fourth-order valence-electron chi connectivity index (χ4n) is 1.15. The molecule has 74 valence electrons. The maximum atomic E-state index is 11.1. The van der Waals surface area contributed by atoms with E-state index in [1.54, 1.807) is 14.0 Å². The molecule has 0 spiro atoms. The molecular formula is C6H8Cl2N2O2S. The standard InChI is InChI=1S/C6H8Cl2N2O2S/c1-4-6(13(8,11)12)5(3-7)10(2)9-4/h3H2,1-2H3. The predicted molar refractivity (Wildman–Crippen MR) is 50.5 cm³/mol. The van der Waals surface area contributed by atoms with Gasteiger partial charge in [-0.25, -0.2) is 8.42 Å². The van der Waals surface area contributed by atoms with E-state index in [9.17, 15) is 8.42 Å².